The smallest absolute Gasteiger partial charge is 0.303 e. The molecule has 0 radical (unpaired) electrons. The largest absolute Gasteiger partial charge is 0.455 e. The van der Waals surface area contributed by atoms with Crippen molar-refractivity contribution < 1.29 is 24.2 Å². The second-order valence-corrected chi connectivity index (χ2v) is 11.9. The van der Waals surface area contributed by atoms with Crippen LogP contribution in [-0.2, 0) is 9.53 Å². The summed E-state index contributed by atoms with van der Waals surface area (Å²) in [4.78, 5) is 11.8. The van der Waals surface area contributed by atoms with Crippen molar-refractivity contribution >= 4 is 5.97 Å². The summed E-state index contributed by atoms with van der Waals surface area (Å²) in [5.74, 6) is -0.332. The molecule has 4 aliphatic carbocycles. The number of esters is 1. The highest BCUT2D eigenvalue weighted by Crippen LogP contribution is 2.67. The Morgan fingerprint density at radius 2 is 2.00 bits per heavy atom. The summed E-state index contributed by atoms with van der Waals surface area (Å²) in [6, 6.07) is 0. The molecular formula is C29H48O3. The lowest BCUT2D eigenvalue weighted by atomic mass is 9.46. The van der Waals surface area contributed by atoms with Crippen molar-refractivity contribution in [3.8, 4) is 0 Å². The molecule has 32 heavy (non-hydrogen) atoms. The van der Waals surface area contributed by atoms with Gasteiger partial charge in [-0.1, -0.05) is 59.8 Å². The van der Waals surface area contributed by atoms with Crippen LogP contribution in [0, 0.1) is 46.3 Å². The van der Waals surface area contributed by atoms with Crippen LogP contribution in [0.15, 0.2) is 11.6 Å². The number of hydrogen-bond donors (Lipinski definition) is 1. The fourth-order valence-electron chi connectivity index (χ4n) is 8.79. The van der Waals surface area contributed by atoms with Crippen LogP contribution >= 0.6 is 0 Å². The number of rotatable bonds is 6. The monoisotopic (exact) mass is 451 g/mol. The summed E-state index contributed by atoms with van der Waals surface area (Å²) in [7, 11) is 0. The minimum absolute atomic E-state index is 0.0741. The van der Waals surface area contributed by atoms with Crippen LogP contribution in [0.4, 0.5) is 0 Å². The lowest BCUT2D eigenvalue weighted by Crippen LogP contribution is -2.54. The van der Waals surface area contributed by atoms with Crippen LogP contribution in [0.25, 0.3) is 0 Å². The molecule has 0 aromatic heterocycles. The fourth-order valence-corrected chi connectivity index (χ4v) is 8.79. The minimum Gasteiger partial charge on any atom is -0.455 e. The van der Waals surface area contributed by atoms with Crippen molar-refractivity contribution in [1.29, 1.82) is 0 Å². The number of aliphatic hydroxyl groups excluding tert-OH is 1. The molecule has 3 saturated carbocycles. The van der Waals surface area contributed by atoms with E-state index in [0.717, 1.165) is 50.5 Å². The molecule has 9 atom stereocenters. The standard InChI is InChI=1S/C29H48O3/c1-18(2)8-7-9-19(3)22-12-13-23-21-10-11-25-27(32-20(4)30)26(31)15-17-29(25,6)24(21)14-16-28(22,23)5/h11,18-19,21-24,26-27,31H,7-10,12-17H2,1-6H3/t19-,21+,22-,23+,24+,26+,27-,28-,29-/m1/s1/i1D3,2D3,18D. The molecule has 0 aromatic carbocycles. The first-order chi connectivity index (χ1) is 17.9. The lowest BCUT2D eigenvalue weighted by Gasteiger charge is -2.59. The van der Waals surface area contributed by atoms with Crippen molar-refractivity contribution in [1.82, 2.24) is 0 Å². The molecule has 0 bridgehead atoms. The Morgan fingerprint density at radius 3 is 2.72 bits per heavy atom. The second kappa shape index (κ2) is 9.08. The van der Waals surface area contributed by atoms with Gasteiger partial charge < -0.3 is 9.84 Å². The molecule has 0 heterocycles. The summed E-state index contributed by atoms with van der Waals surface area (Å²) < 4.78 is 60.3. The van der Waals surface area contributed by atoms with Gasteiger partial charge >= 0.3 is 5.97 Å². The summed E-state index contributed by atoms with van der Waals surface area (Å²) >= 11 is 0. The van der Waals surface area contributed by atoms with E-state index >= 15 is 0 Å². The van der Waals surface area contributed by atoms with E-state index in [-0.39, 0.29) is 23.2 Å². The van der Waals surface area contributed by atoms with Gasteiger partial charge in [-0.15, -0.1) is 0 Å². The van der Waals surface area contributed by atoms with E-state index in [4.69, 9.17) is 14.3 Å². The van der Waals surface area contributed by atoms with E-state index in [0.29, 0.717) is 42.4 Å². The van der Waals surface area contributed by atoms with E-state index in [1.807, 2.05) is 0 Å². The number of fused-ring (bicyclic) bond motifs is 5. The minimum atomic E-state index is -2.85. The van der Waals surface area contributed by atoms with Crippen molar-refractivity contribution in [3.63, 3.8) is 0 Å². The third-order valence-electron chi connectivity index (χ3n) is 10.3. The van der Waals surface area contributed by atoms with Gasteiger partial charge in [-0.25, -0.2) is 0 Å². The topological polar surface area (TPSA) is 46.5 Å². The van der Waals surface area contributed by atoms with E-state index in [1.165, 1.54) is 6.92 Å². The first-order valence-electron chi connectivity index (χ1n) is 16.4. The Bertz CT molecular complexity index is 946. The number of allylic oxidation sites excluding steroid dienone is 1. The normalized spacial score (nSPS) is 48.7. The SMILES string of the molecule is [2H]C([2H])([2H])C([2H])(CCC[C@@H](C)[C@H]1CC[C@H]2[C@@H]3CC=C4[C@@H](OC(C)=O)[C@@H](O)CC[C@]4(C)[C@H]3CC[C@]12C)C([2H])([2H])[2H]. The molecule has 1 N–H and O–H groups in total. The van der Waals surface area contributed by atoms with Crippen LogP contribution in [-0.4, -0.2) is 23.3 Å². The summed E-state index contributed by atoms with van der Waals surface area (Å²) in [5.41, 5.74) is 1.22. The highest BCUT2D eigenvalue weighted by Gasteiger charge is 2.60. The van der Waals surface area contributed by atoms with Crippen LogP contribution in [0.2, 0.25) is 0 Å². The fraction of sp³-hybridized carbons (Fsp3) is 0.897. The molecular weight excluding hydrogens is 396 g/mol. The average Bonchev–Trinajstić information content (AvgIpc) is 3.16. The molecule has 0 unspecified atom stereocenters. The van der Waals surface area contributed by atoms with Gasteiger partial charge in [0.15, 0.2) is 0 Å². The molecule has 3 nitrogen and oxygen atoms in total. The predicted octanol–water partition coefficient (Wildman–Crippen LogP) is 6.93. The van der Waals surface area contributed by atoms with Gasteiger partial charge in [0.25, 0.3) is 0 Å². The van der Waals surface area contributed by atoms with Crippen LogP contribution in [0.3, 0.4) is 0 Å². The Kier molecular flexibility index (Phi) is 4.75. The first kappa shape index (κ1) is 16.7. The Labute approximate surface area is 206 Å². The molecule has 0 spiro atoms. The molecule has 3 heteroatoms. The Balaban J connectivity index is 1.47. The first-order valence-corrected chi connectivity index (χ1v) is 12.9. The maximum absolute atomic E-state index is 11.8. The van der Waals surface area contributed by atoms with Gasteiger partial charge in [-0.2, -0.15) is 0 Å². The molecule has 4 rings (SSSR count). The van der Waals surface area contributed by atoms with Crippen molar-refractivity contribution in [2.75, 3.05) is 0 Å². The molecule has 182 valence electrons. The maximum Gasteiger partial charge on any atom is 0.303 e. The zero-order chi connectivity index (χ0) is 29.2. The molecule has 0 aliphatic heterocycles. The third kappa shape index (κ3) is 4.10. The van der Waals surface area contributed by atoms with Crippen molar-refractivity contribution in [2.45, 2.75) is 118 Å². The van der Waals surface area contributed by atoms with Gasteiger partial charge in [-0.3, -0.25) is 4.79 Å². The van der Waals surface area contributed by atoms with Crippen LogP contribution in [0.1, 0.15) is 115 Å². The Morgan fingerprint density at radius 1 is 1.22 bits per heavy atom. The van der Waals surface area contributed by atoms with Crippen LogP contribution < -0.4 is 0 Å². The van der Waals surface area contributed by atoms with Gasteiger partial charge in [-0.05, 0) is 96.8 Å². The van der Waals surface area contributed by atoms with E-state index in [2.05, 4.69) is 26.8 Å². The van der Waals surface area contributed by atoms with Crippen LogP contribution in [0.5, 0.6) is 0 Å². The van der Waals surface area contributed by atoms with E-state index < -0.39 is 31.8 Å². The van der Waals surface area contributed by atoms with Gasteiger partial charge in [0.1, 0.15) is 6.10 Å². The molecule has 3 fully saturated rings. The summed E-state index contributed by atoms with van der Waals surface area (Å²) in [6.07, 6.45) is 9.09. The highest BCUT2D eigenvalue weighted by molar-refractivity contribution is 5.66. The van der Waals surface area contributed by atoms with Gasteiger partial charge in [0.2, 0.25) is 0 Å². The summed E-state index contributed by atoms with van der Waals surface area (Å²) in [6.45, 7) is 2.70. The molecule has 4 aliphatic rings. The number of carbonyl (C=O) groups is 1. The zero-order valence-corrected chi connectivity index (χ0v) is 20.5. The van der Waals surface area contributed by atoms with E-state index in [1.54, 1.807) is 0 Å². The third-order valence-corrected chi connectivity index (χ3v) is 10.3. The molecule has 0 amide bonds. The molecule has 0 saturated heterocycles. The highest BCUT2D eigenvalue weighted by atomic mass is 16.6. The lowest BCUT2D eigenvalue weighted by molar-refractivity contribution is -0.155. The van der Waals surface area contributed by atoms with Gasteiger partial charge in [0, 0.05) is 16.5 Å². The predicted molar refractivity (Wildman–Crippen MR) is 130 cm³/mol. The number of carbonyl (C=O) groups excluding carboxylic acids is 1. The number of ether oxygens (including phenoxy) is 1. The number of hydrogen-bond acceptors (Lipinski definition) is 3. The van der Waals surface area contributed by atoms with Gasteiger partial charge in [0.05, 0.1) is 6.10 Å². The zero-order valence-electron chi connectivity index (χ0n) is 27.5. The Hall–Kier alpha value is -0.830. The number of aliphatic hydroxyl groups is 1. The summed E-state index contributed by atoms with van der Waals surface area (Å²) in [5, 5.41) is 10.7. The quantitative estimate of drug-likeness (QED) is 0.352. The van der Waals surface area contributed by atoms with Crippen molar-refractivity contribution in [2.24, 2.45) is 46.3 Å². The van der Waals surface area contributed by atoms with E-state index in [9.17, 15) is 9.90 Å². The second-order valence-electron chi connectivity index (χ2n) is 11.9. The average molecular weight is 452 g/mol. The molecule has 0 aromatic rings. The maximum atomic E-state index is 11.8. The van der Waals surface area contributed by atoms with Crippen molar-refractivity contribution in [3.05, 3.63) is 11.6 Å².